The number of aliphatic hydroxyl groups excluding tert-OH is 25. The average Bonchev–Trinajstić information content (AvgIpc) is 0.766. The van der Waals surface area contributed by atoms with Crippen LogP contribution < -0.4 is 16.0 Å². The van der Waals surface area contributed by atoms with Crippen molar-refractivity contribution in [3.63, 3.8) is 0 Å². The third-order valence-corrected chi connectivity index (χ3v) is 20.8. The molecule has 29 N–H and O–H groups in total. The van der Waals surface area contributed by atoms with Crippen LogP contribution in [0.4, 0.5) is 0 Å². The summed E-state index contributed by atoms with van der Waals surface area (Å²) in [6.07, 6.45) is -89.5. The number of ether oxygens (including phenoxy) is 17. The summed E-state index contributed by atoms with van der Waals surface area (Å²) in [5.74, 6) is -8.29. The van der Waals surface area contributed by atoms with Crippen molar-refractivity contribution in [1.29, 1.82) is 0 Å². The van der Waals surface area contributed by atoms with Crippen LogP contribution >= 0.6 is 0 Å². The highest BCUT2D eigenvalue weighted by molar-refractivity contribution is 5.77. The van der Waals surface area contributed by atoms with E-state index in [9.17, 15) is 152 Å². The second kappa shape index (κ2) is 39.6. The lowest BCUT2D eigenvalue weighted by Crippen LogP contribution is -2.71. The van der Waals surface area contributed by atoms with Gasteiger partial charge in [0.1, 0.15) is 201 Å². The minimum atomic E-state index is -3.28. The first-order valence-corrected chi connectivity index (χ1v) is 36.0. The summed E-state index contributed by atoms with van der Waals surface area (Å²) in [7, 11) is 0. The number of carbonyl (C=O) groups is 4. The van der Waals surface area contributed by atoms with Gasteiger partial charge in [-0.1, -0.05) is 0 Å². The fourth-order valence-electron chi connectivity index (χ4n) is 14.6. The number of nitrogens with one attached hydrogen (secondary N) is 3. The van der Waals surface area contributed by atoms with Gasteiger partial charge in [0.25, 0.3) is 5.79 Å². The van der Waals surface area contributed by atoms with Gasteiger partial charge in [-0.2, -0.15) is 0 Å². The van der Waals surface area contributed by atoms with Crippen LogP contribution in [0.1, 0.15) is 41.0 Å². The fourth-order valence-corrected chi connectivity index (χ4v) is 14.6. The Morgan fingerprint density at radius 2 is 0.796 bits per heavy atom. The van der Waals surface area contributed by atoms with E-state index in [2.05, 4.69) is 16.0 Å². The highest BCUT2D eigenvalue weighted by Crippen LogP contribution is 2.42. The molecule has 9 saturated heterocycles. The normalized spacial score (nSPS) is 49.2. The van der Waals surface area contributed by atoms with Crippen LogP contribution in [0.25, 0.3) is 0 Å². The van der Waals surface area contributed by atoms with Gasteiger partial charge in [0.2, 0.25) is 17.7 Å². The summed E-state index contributed by atoms with van der Waals surface area (Å²) in [6, 6.07) is -5.75. The first-order valence-electron chi connectivity index (χ1n) is 36.0. The van der Waals surface area contributed by atoms with E-state index >= 15 is 0 Å². The van der Waals surface area contributed by atoms with E-state index in [1.165, 1.54) is 13.8 Å². The predicted molar refractivity (Wildman–Crippen MR) is 346 cm³/mol. The lowest BCUT2D eigenvalue weighted by Gasteiger charge is -2.51. The number of carboxylic acid groups (broad SMARTS) is 1. The Hall–Kier alpha value is -3.80. The smallest absolute Gasteiger partial charge is 0.364 e. The standard InChI is InChI=1S/C63H105N3O47/c1-14-30(78)38(86)41(89)57(98-14)110-52-43(91)54(94)100-25(12-72)47(52)107-59-44(92)50(109-56-29(66-18(5)75)48(34(82)22(9-69)101-56)108-61-53(40(88)33(81)21(8-68)103-61)111-58-42(90)39(87)31(79)15(2)99-58)36(84)26(105-59)13-97-55-28(65-17(4)74)37(85)46(24(11-71)104-55)106-60-45(93)51(35(83)23(10-70)102-60)113-63(62(95)96)6-19(76)27(64-16(3)73)49(112-63)32(80)20(77)7-67/h14-15,19-61,67-72,76-94H,6-13H2,1-5H3,(H,64,73)(H,65,74)(H,66,75)(H,95,96)/t14-,15-,19-,20+,21+,22+,23+,24+,25+,26+,27+,28+,29+,30+,31+,32+,33-,34+,35-,36-,37+,38+,39+,40-,41-,42-,43+,44+,45+,46+,47+,48+,49+,50-,51-,52+,53+,54?,55+,56-,57-,58-,59-,60-,61-,63-/m0/s1. The molecule has 50 heteroatoms. The van der Waals surface area contributed by atoms with Crippen LogP contribution in [-0.4, -0.2) is 484 Å². The van der Waals surface area contributed by atoms with Gasteiger partial charge in [0.15, 0.2) is 50.3 Å². The third-order valence-electron chi connectivity index (χ3n) is 20.8. The van der Waals surface area contributed by atoms with Gasteiger partial charge in [0.05, 0.1) is 70.6 Å². The van der Waals surface area contributed by atoms with E-state index in [0.717, 1.165) is 20.8 Å². The zero-order valence-electron chi connectivity index (χ0n) is 60.8. The van der Waals surface area contributed by atoms with Crippen LogP contribution in [0.5, 0.6) is 0 Å². The molecule has 9 aliphatic heterocycles. The topological polar surface area (TPSA) is 787 Å². The van der Waals surface area contributed by atoms with E-state index in [1.54, 1.807) is 0 Å². The van der Waals surface area contributed by atoms with Crippen molar-refractivity contribution in [2.24, 2.45) is 0 Å². The summed E-state index contributed by atoms with van der Waals surface area (Å²) in [4.78, 5) is 51.9. The van der Waals surface area contributed by atoms with Crippen molar-refractivity contribution >= 4 is 23.7 Å². The number of rotatable bonds is 29. The number of hydrogen-bond acceptors (Lipinski definition) is 46. The largest absolute Gasteiger partial charge is 0.477 e. The van der Waals surface area contributed by atoms with E-state index < -0.39 is 358 Å². The van der Waals surface area contributed by atoms with Crippen LogP contribution in [0.2, 0.25) is 0 Å². The van der Waals surface area contributed by atoms with Gasteiger partial charge in [-0.3, -0.25) is 14.4 Å². The zero-order valence-corrected chi connectivity index (χ0v) is 60.8. The highest BCUT2D eigenvalue weighted by atomic mass is 16.8. The van der Waals surface area contributed by atoms with Crippen molar-refractivity contribution in [3.05, 3.63) is 0 Å². The second-order valence-electron chi connectivity index (χ2n) is 28.8. The number of amides is 3. The Labute approximate surface area is 639 Å². The molecule has 9 heterocycles. The average molecular weight is 1660 g/mol. The van der Waals surface area contributed by atoms with Crippen molar-refractivity contribution in [2.75, 3.05) is 46.2 Å². The maximum atomic E-state index is 13.3. The van der Waals surface area contributed by atoms with E-state index in [-0.39, 0.29) is 0 Å². The molecule has 9 fully saturated rings. The minimum Gasteiger partial charge on any atom is -0.477 e. The molecular formula is C63H105N3O47. The zero-order chi connectivity index (χ0) is 83.6. The quantitative estimate of drug-likeness (QED) is 0.0331. The van der Waals surface area contributed by atoms with Crippen LogP contribution in [-0.2, 0) is 99.7 Å². The Morgan fingerprint density at radius 1 is 0.381 bits per heavy atom. The van der Waals surface area contributed by atoms with Gasteiger partial charge in [-0.05, 0) is 13.8 Å². The maximum Gasteiger partial charge on any atom is 0.364 e. The van der Waals surface area contributed by atoms with Gasteiger partial charge in [-0.15, -0.1) is 0 Å². The molecule has 9 rings (SSSR count). The van der Waals surface area contributed by atoms with Crippen molar-refractivity contribution in [3.8, 4) is 0 Å². The molecule has 9 aliphatic rings. The molecule has 0 aromatic carbocycles. The number of hydrogen-bond donors (Lipinski definition) is 29. The Kier molecular flexibility index (Phi) is 32.6. The van der Waals surface area contributed by atoms with Crippen LogP contribution in [0, 0.1) is 0 Å². The van der Waals surface area contributed by atoms with Crippen molar-refractivity contribution in [1.82, 2.24) is 16.0 Å². The SMILES string of the molecule is CC(=O)N[C@H]1[C@H](OC[C@H]2O[C@@H](O[C@H]3[C@H](O[C@@H]4O[C@@H](C)[C@@H](O)[C@@H](O)[C@@H]4O)[C@@H](O)C(O)O[C@@H]3CO)[C@H](O)[C@@H](O[C@@H]3O[C@H](CO)[C@@H](O)[C@H](O[C@@H]4O[C@H](CO)[C@H](O)[C@H](O)[C@H]4O[C@@H]4O[C@@H](C)[C@@H](O)[C@@H](O)[C@@H]4O)[C@H]3NC(C)=O)[C@H]2O)O[C@H](CO)[C@@H](O[C@@H]2O[C@H](CO)[C@H](O)[C@H](O[C@]3(C(=O)O)C[C@H](O)[C@@H](NC(C)=O)[C@H]([C@H](O)[C@H](O)CO)O3)[C@H]2O)[C@@H]1O. The molecule has 1 unspecified atom stereocenters. The molecule has 0 spiro atoms. The second-order valence-corrected chi connectivity index (χ2v) is 28.8. The minimum absolute atomic E-state index is 0.869. The predicted octanol–water partition coefficient (Wildman–Crippen LogP) is -18.9. The third kappa shape index (κ3) is 20.1. The highest BCUT2D eigenvalue weighted by Gasteiger charge is 2.63. The summed E-state index contributed by atoms with van der Waals surface area (Å²) >= 11 is 0. The molecule has 3 amide bonds. The molecular weight excluding hydrogens is 1550 g/mol. The Balaban J connectivity index is 1.03. The fraction of sp³-hybridized carbons (Fsp3) is 0.937. The number of carboxylic acids is 1. The lowest BCUT2D eigenvalue weighted by atomic mass is 9.88. The molecule has 46 atom stereocenters. The Morgan fingerprint density at radius 3 is 1.33 bits per heavy atom. The molecule has 50 nitrogen and oxygen atoms in total. The number of carbonyl (C=O) groups excluding carboxylic acids is 3. The Bertz CT molecular complexity index is 3040. The first-order chi connectivity index (χ1) is 53.2. The van der Waals surface area contributed by atoms with E-state index in [0.29, 0.717) is 0 Å². The molecule has 0 radical (unpaired) electrons. The molecule has 0 bridgehead atoms. The van der Waals surface area contributed by atoms with E-state index in [1.807, 2.05) is 0 Å². The first kappa shape index (κ1) is 93.1. The van der Waals surface area contributed by atoms with Gasteiger partial charge in [0, 0.05) is 27.2 Å². The molecule has 113 heavy (non-hydrogen) atoms. The van der Waals surface area contributed by atoms with Crippen LogP contribution in [0.15, 0.2) is 0 Å². The molecule has 0 saturated carbocycles. The van der Waals surface area contributed by atoms with Gasteiger partial charge < -0.3 is 229 Å². The summed E-state index contributed by atoms with van der Waals surface area (Å²) in [5.41, 5.74) is 0. The van der Waals surface area contributed by atoms with Gasteiger partial charge >= 0.3 is 5.97 Å². The van der Waals surface area contributed by atoms with Crippen molar-refractivity contribution < 1.29 is 232 Å². The summed E-state index contributed by atoms with van der Waals surface area (Å²) in [6.45, 7) is -2.96. The maximum absolute atomic E-state index is 13.3. The monoisotopic (exact) mass is 1660 g/mol. The number of aliphatic carboxylic acids is 1. The lowest BCUT2D eigenvalue weighted by molar-refractivity contribution is -0.398. The summed E-state index contributed by atoms with van der Waals surface area (Å²) in [5, 5.41) is 295. The van der Waals surface area contributed by atoms with Crippen molar-refractivity contribution in [2.45, 2.75) is 323 Å². The number of aliphatic hydroxyl groups is 25. The van der Waals surface area contributed by atoms with Crippen LogP contribution in [0.3, 0.4) is 0 Å². The van der Waals surface area contributed by atoms with E-state index in [4.69, 9.17) is 80.5 Å². The molecule has 0 aliphatic carbocycles. The molecule has 0 aromatic rings. The summed E-state index contributed by atoms with van der Waals surface area (Å²) < 4.78 is 100. The molecule has 654 valence electrons. The molecule has 0 aromatic heterocycles. The van der Waals surface area contributed by atoms with Gasteiger partial charge in [-0.25, -0.2) is 4.79 Å².